The number of nitrogens with one attached hydrogen (secondary N) is 2. The molecule has 1 fully saturated rings. The number of nitrogens with zero attached hydrogens (tertiary/aromatic N) is 2. The fourth-order valence-electron chi connectivity index (χ4n) is 4.19. The number of halogens is 1. The van der Waals surface area contributed by atoms with Gasteiger partial charge < -0.3 is 4.90 Å². The van der Waals surface area contributed by atoms with Crippen LogP contribution in [0.2, 0.25) is 0 Å². The van der Waals surface area contributed by atoms with Crippen molar-refractivity contribution in [2.75, 3.05) is 13.1 Å². The van der Waals surface area contributed by atoms with Gasteiger partial charge in [-0.15, -0.1) is 4.83 Å². The Morgan fingerprint density at radius 2 is 1.94 bits per heavy atom. The molecule has 4 rings (SSSR count). The van der Waals surface area contributed by atoms with Crippen molar-refractivity contribution in [3.8, 4) is 11.3 Å². The van der Waals surface area contributed by atoms with Crippen molar-refractivity contribution in [3.05, 3.63) is 96.0 Å². The minimum absolute atomic E-state index is 0.0910. The van der Waals surface area contributed by atoms with Crippen LogP contribution < -0.4 is 10.3 Å². The lowest BCUT2D eigenvalue weighted by molar-refractivity contribution is -0.125. The zero-order chi connectivity index (χ0) is 25.9. The maximum atomic E-state index is 13.9. The number of carbonyl (C=O) groups is 2. The van der Waals surface area contributed by atoms with E-state index in [9.17, 15) is 22.4 Å². The molecule has 2 amide bonds. The van der Waals surface area contributed by atoms with Gasteiger partial charge in [-0.25, -0.2) is 12.8 Å². The van der Waals surface area contributed by atoms with Crippen LogP contribution in [0, 0.1) is 12.7 Å². The Kier molecular flexibility index (Phi) is 7.27. The molecule has 1 aliphatic rings. The Morgan fingerprint density at radius 3 is 2.69 bits per heavy atom. The molecule has 1 unspecified atom stereocenters. The van der Waals surface area contributed by atoms with E-state index in [0.29, 0.717) is 24.3 Å². The molecule has 0 aliphatic carbocycles. The molecule has 0 bridgehead atoms. The average molecular weight is 509 g/mol. The Balaban J connectivity index is 1.52. The maximum Gasteiger partial charge on any atom is 0.266 e. The number of sulfonamides is 1. The van der Waals surface area contributed by atoms with Crippen LogP contribution in [0.25, 0.3) is 11.3 Å². The number of pyridine rings is 1. The number of benzene rings is 2. The van der Waals surface area contributed by atoms with E-state index in [1.807, 2.05) is 30.0 Å². The first-order chi connectivity index (χ1) is 17.2. The molecule has 1 aliphatic heterocycles. The van der Waals surface area contributed by atoms with Gasteiger partial charge in [0.25, 0.3) is 15.9 Å². The van der Waals surface area contributed by atoms with Crippen molar-refractivity contribution in [1.82, 2.24) is 20.1 Å². The van der Waals surface area contributed by atoms with E-state index in [0.717, 1.165) is 29.7 Å². The van der Waals surface area contributed by atoms with Crippen LogP contribution in [-0.2, 0) is 14.8 Å². The summed E-state index contributed by atoms with van der Waals surface area (Å²) in [6.07, 6.45) is 3.83. The Bertz CT molecular complexity index is 1440. The van der Waals surface area contributed by atoms with Crippen LogP contribution in [0.1, 0.15) is 33.8 Å². The molecular formula is C26H25FN4O4S. The van der Waals surface area contributed by atoms with Crippen molar-refractivity contribution in [2.24, 2.45) is 0 Å². The lowest BCUT2D eigenvalue weighted by Crippen LogP contribution is -2.41. The first-order valence-corrected chi connectivity index (χ1v) is 12.7. The quantitative estimate of drug-likeness (QED) is 0.376. The van der Waals surface area contributed by atoms with E-state index in [4.69, 9.17) is 0 Å². The number of hydrazine groups is 1. The molecule has 2 N–H and O–H groups in total. The van der Waals surface area contributed by atoms with Gasteiger partial charge in [-0.05, 0) is 73.0 Å². The third kappa shape index (κ3) is 5.50. The molecule has 1 atom stereocenters. The molecule has 1 aromatic heterocycles. The van der Waals surface area contributed by atoms with Gasteiger partial charge in [0.2, 0.25) is 5.91 Å². The third-order valence-electron chi connectivity index (χ3n) is 5.99. The van der Waals surface area contributed by atoms with Gasteiger partial charge in [0.05, 0.1) is 5.69 Å². The van der Waals surface area contributed by atoms with Crippen molar-refractivity contribution >= 4 is 21.8 Å². The molecule has 1 saturated heterocycles. The number of amides is 2. The van der Waals surface area contributed by atoms with E-state index in [1.54, 1.807) is 23.2 Å². The highest BCUT2D eigenvalue weighted by Gasteiger charge is 2.26. The van der Waals surface area contributed by atoms with Crippen molar-refractivity contribution in [1.29, 1.82) is 0 Å². The van der Waals surface area contributed by atoms with E-state index in [-0.39, 0.29) is 17.4 Å². The van der Waals surface area contributed by atoms with Crippen LogP contribution >= 0.6 is 0 Å². The van der Waals surface area contributed by atoms with Gasteiger partial charge in [-0.3, -0.25) is 20.0 Å². The summed E-state index contributed by atoms with van der Waals surface area (Å²) < 4.78 is 38.7. The molecular weight excluding hydrogens is 483 g/mol. The van der Waals surface area contributed by atoms with E-state index in [1.165, 1.54) is 18.2 Å². The summed E-state index contributed by atoms with van der Waals surface area (Å²) in [6, 6.07) is 13.8. The predicted molar refractivity (Wildman–Crippen MR) is 133 cm³/mol. The first-order valence-electron chi connectivity index (χ1n) is 11.2. The first kappa shape index (κ1) is 25.2. The Morgan fingerprint density at radius 1 is 1.17 bits per heavy atom. The second-order valence-electron chi connectivity index (χ2n) is 8.53. The highest BCUT2D eigenvalue weighted by molar-refractivity contribution is 7.89. The molecule has 0 spiro atoms. The van der Waals surface area contributed by atoms with Gasteiger partial charge in [-0.1, -0.05) is 18.7 Å². The number of aromatic nitrogens is 1. The standard InChI is InChI=1S/C26H25FN4O4S/c1-3-25(32)31-11-9-19(16-31)18-8-10-28-23(15-18)20-12-17(2)13-21(14-20)26(33)29-30-36(34,35)24-7-5-4-6-22(24)27/h3-8,10,12-15,19,30H,1,9,11,16H2,2H3,(H,29,33). The monoisotopic (exact) mass is 508 g/mol. The highest BCUT2D eigenvalue weighted by Crippen LogP contribution is 2.30. The molecule has 2 heterocycles. The largest absolute Gasteiger partial charge is 0.339 e. The average Bonchev–Trinajstić information content (AvgIpc) is 3.37. The second-order valence-corrected chi connectivity index (χ2v) is 10.2. The highest BCUT2D eigenvalue weighted by atomic mass is 32.2. The zero-order valence-electron chi connectivity index (χ0n) is 19.6. The lowest BCUT2D eigenvalue weighted by Gasteiger charge is -2.15. The van der Waals surface area contributed by atoms with Crippen LogP contribution in [0.15, 0.2) is 78.3 Å². The Labute approximate surface area is 208 Å². The van der Waals surface area contributed by atoms with Crippen LogP contribution in [0.5, 0.6) is 0 Å². The van der Waals surface area contributed by atoms with Crippen LogP contribution in [-0.4, -0.2) is 43.2 Å². The molecule has 10 heteroatoms. The molecule has 186 valence electrons. The number of rotatable bonds is 7. The summed E-state index contributed by atoms with van der Waals surface area (Å²) in [5.74, 6) is -1.56. The summed E-state index contributed by atoms with van der Waals surface area (Å²) >= 11 is 0. The van der Waals surface area contributed by atoms with Gasteiger partial charge in [-0.2, -0.15) is 0 Å². The lowest BCUT2D eigenvalue weighted by atomic mass is 9.96. The van der Waals surface area contributed by atoms with Crippen LogP contribution in [0.3, 0.4) is 0 Å². The zero-order valence-corrected chi connectivity index (χ0v) is 20.4. The normalized spacial score (nSPS) is 15.5. The Hall–Kier alpha value is -3.89. The predicted octanol–water partition coefficient (Wildman–Crippen LogP) is 3.32. The van der Waals surface area contributed by atoms with Crippen molar-refractivity contribution in [2.45, 2.75) is 24.2 Å². The fraction of sp³-hybridized carbons (Fsp3) is 0.192. The molecule has 8 nitrogen and oxygen atoms in total. The summed E-state index contributed by atoms with van der Waals surface area (Å²) in [5.41, 5.74) is 5.47. The molecule has 3 aromatic rings. The fourth-order valence-corrected chi connectivity index (χ4v) is 5.11. The minimum atomic E-state index is -4.30. The summed E-state index contributed by atoms with van der Waals surface area (Å²) in [7, 11) is -4.30. The number of aryl methyl sites for hydroxylation is 1. The van der Waals surface area contributed by atoms with Gasteiger partial charge in [0.15, 0.2) is 0 Å². The van der Waals surface area contributed by atoms with E-state index in [2.05, 4.69) is 17.0 Å². The van der Waals surface area contributed by atoms with Gasteiger partial charge in [0.1, 0.15) is 10.7 Å². The third-order valence-corrected chi connectivity index (χ3v) is 7.27. The second kappa shape index (κ2) is 10.4. The number of hydrogen-bond donors (Lipinski definition) is 2. The molecule has 0 saturated carbocycles. The topological polar surface area (TPSA) is 108 Å². The van der Waals surface area contributed by atoms with Crippen LogP contribution in [0.4, 0.5) is 4.39 Å². The molecule has 0 radical (unpaired) electrons. The van der Waals surface area contributed by atoms with Crippen molar-refractivity contribution < 1.29 is 22.4 Å². The van der Waals surface area contributed by atoms with Gasteiger partial charge in [0, 0.05) is 36.3 Å². The van der Waals surface area contributed by atoms with E-state index < -0.39 is 26.6 Å². The summed E-state index contributed by atoms with van der Waals surface area (Å²) in [6.45, 7) is 6.61. The minimum Gasteiger partial charge on any atom is -0.339 e. The number of carbonyl (C=O) groups excluding carboxylic acids is 2. The number of likely N-dealkylation sites (tertiary alicyclic amines) is 1. The smallest absolute Gasteiger partial charge is 0.266 e. The maximum absolute atomic E-state index is 13.9. The summed E-state index contributed by atoms with van der Waals surface area (Å²) in [5, 5.41) is 0. The van der Waals surface area contributed by atoms with E-state index >= 15 is 0 Å². The molecule has 36 heavy (non-hydrogen) atoms. The summed E-state index contributed by atoms with van der Waals surface area (Å²) in [4.78, 5) is 32.2. The molecule has 2 aromatic carbocycles. The SMILES string of the molecule is C=CC(=O)N1CCC(c2ccnc(-c3cc(C)cc(C(=O)NNS(=O)(=O)c4ccccc4F)c3)c2)C1. The number of hydrogen-bond acceptors (Lipinski definition) is 5. The van der Waals surface area contributed by atoms with Gasteiger partial charge >= 0.3 is 0 Å². The van der Waals surface area contributed by atoms with Crippen molar-refractivity contribution in [3.63, 3.8) is 0 Å².